The van der Waals surface area contributed by atoms with Crippen molar-refractivity contribution in [1.29, 1.82) is 0 Å². The van der Waals surface area contributed by atoms with Crippen LogP contribution < -0.4 is 0 Å². The molecule has 0 aromatic rings. The van der Waals surface area contributed by atoms with E-state index in [1.807, 2.05) is 32.8 Å². The van der Waals surface area contributed by atoms with E-state index in [4.69, 9.17) is 4.74 Å². The maximum atomic E-state index is 12.1. The van der Waals surface area contributed by atoms with E-state index in [1.165, 1.54) is 6.26 Å². The topological polar surface area (TPSA) is 49.9 Å². The van der Waals surface area contributed by atoms with E-state index in [2.05, 4.69) is 13.8 Å². The standard InChI is InChI=1S/C15H34N2O3S/c1-8-10-13(3)17(21(7,18)19)12-15(11-16(5)6)20-14(4)9-2/h13-15H,8-12H2,1-7H3. The zero-order valence-corrected chi connectivity index (χ0v) is 15.6. The highest BCUT2D eigenvalue weighted by molar-refractivity contribution is 7.88. The second-order valence-electron chi connectivity index (χ2n) is 6.21. The Kier molecular flexibility index (Phi) is 9.69. The molecule has 0 N–H and O–H groups in total. The number of ether oxygens (including phenoxy) is 1. The molecule has 0 aliphatic carbocycles. The van der Waals surface area contributed by atoms with Gasteiger partial charge in [0, 0.05) is 19.1 Å². The average molecular weight is 323 g/mol. The number of rotatable bonds is 11. The highest BCUT2D eigenvalue weighted by Crippen LogP contribution is 2.14. The lowest BCUT2D eigenvalue weighted by Crippen LogP contribution is -2.46. The van der Waals surface area contributed by atoms with Gasteiger partial charge in [-0.15, -0.1) is 0 Å². The minimum absolute atomic E-state index is 0.00944. The van der Waals surface area contributed by atoms with Gasteiger partial charge in [-0.1, -0.05) is 20.3 Å². The minimum Gasteiger partial charge on any atom is -0.373 e. The highest BCUT2D eigenvalue weighted by Gasteiger charge is 2.27. The Balaban J connectivity index is 5.01. The molecular weight excluding hydrogens is 288 g/mol. The van der Waals surface area contributed by atoms with Gasteiger partial charge < -0.3 is 9.64 Å². The Labute approximate surface area is 131 Å². The summed E-state index contributed by atoms with van der Waals surface area (Å²) in [6, 6.07) is 0.00944. The fourth-order valence-corrected chi connectivity index (χ4v) is 3.58. The SMILES string of the molecule is CCCC(C)N(CC(CN(C)C)OC(C)CC)S(C)(=O)=O. The van der Waals surface area contributed by atoms with Crippen LogP contribution in [0.5, 0.6) is 0 Å². The first-order chi connectivity index (χ1) is 9.61. The normalized spacial score (nSPS) is 17.2. The van der Waals surface area contributed by atoms with E-state index in [-0.39, 0.29) is 18.2 Å². The van der Waals surface area contributed by atoms with Crippen LogP contribution in [-0.4, -0.2) is 69.3 Å². The third-order valence-electron chi connectivity index (χ3n) is 3.58. The number of likely N-dealkylation sites (N-methyl/N-ethyl adjacent to an activating group) is 1. The van der Waals surface area contributed by atoms with Gasteiger partial charge in [-0.3, -0.25) is 0 Å². The van der Waals surface area contributed by atoms with Gasteiger partial charge >= 0.3 is 0 Å². The monoisotopic (exact) mass is 322 g/mol. The van der Waals surface area contributed by atoms with Gasteiger partial charge in [0.1, 0.15) is 0 Å². The third kappa shape index (κ3) is 8.76. The van der Waals surface area contributed by atoms with Crippen molar-refractivity contribution in [2.24, 2.45) is 0 Å². The van der Waals surface area contributed by atoms with Gasteiger partial charge in [-0.25, -0.2) is 8.42 Å². The summed E-state index contributed by atoms with van der Waals surface area (Å²) in [5, 5.41) is 0. The predicted molar refractivity (Wildman–Crippen MR) is 89.1 cm³/mol. The molecule has 5 nitrogen and oxygen atoms in total. The zero-order valence-electron chi connectivity index (χ0n) is 14.8. The summed E-state index contributed by atoms with van der Waals surface area (Å²) < 4.78 is 31.8. The fourth-order valence-electron chi connectivity index (χ4n) is 2.38. The Hall–Kier alpha value is -0.170. The first kappa shape index (κ1) is 20.8. The molecule has 0 saturated carbocycles. The first-order valence-electron chi connectivity index (χ1n) is 7.88. The molecule has 128 valence electrons. The van der Waals surface area contributed by atoms with Crippen molar-refractivity contribution in [3.05, 3.63) is 0 Å². The summed E-state index contributed by atoms with van der Waals surface area (Å²) in [6.45, 7) is 9.29. The van der Waals surface area contributed by atoms with Crippen molar-refractivity contribution in [2.45, 2.75) is 65.2 Å². The Morgan fingerprint density at radius 3 is 2.05 bits per heavy atom. The van der Waals surface area contributed by atoms with E-state index in [0.29, 0.717) is 6.54 Å². The lowest BCUT2D eigenvalue weighted by Gasteiger charge is -2.32. The van der Waals surface area contributed by atoms with E-state index in [9.17, 15) is 8.42 Å². The van der Waals surface area contributed by atoms with Crippen LogP contribution in [0.15, 0.2) is 0 Å². The van der Waals surface area contributed by atoms with Crippen molar-refractivity contribution in [3.8, 4) is 0 Å². The van der Waals surface area contributed by atoms with Crippen LogP contribution >= 0.6 is 0 Å². The fraction of sp³-hybridized carbons (Fsp3) is 1.00. The molecule has 3 atom stereocenters. The van der Waals surface area contributed by atoms with E-state index in [0.717, 1.165) is 25.8 Å². The summed E-state index contributed by atoms with van der Waals surface area (Å²) in [6.07, 6.45) is 4.08. The quantitative estimate of drug-likeness (QED) is 0.585. The summed E-state index contributed by atoms with van der Waals surface area (Å²) in [7, 11) is 0.734. The van der Waals surface area contributed by atoms with E-state index < -0.39 is 10.0 Å². The second kappa shape index (κ2) is 9.77. The Bertz CT molecular complexity index is 371. The lowest BCUT2D eigenvalue weighted by molar-refractivity contribution is -0.0259. The van der Waals surface area contributed by atoms with Gasteiger partial charge in [0.05, 0.1) is 18.5 Å². The molecule has 0 rings (SSSR count). The number of hydrogen-bond donors (Lipinski definition) is 0. The zero-order chi connectivity index (χ0) is 16.6. The Morgan fingerprint density at radius 2 is 1.67 bits per heavy atom. The minimum atomic E-state index is -3.22. The van der Waals surface area contributed by atoms with Gasteiger partial charge in [-0.2, -0.15) is 4.31 Å². The first-order valence-corrected chi connectivity index (χ1v) is 9.73. The molecule has 6 heteroatoms. The summed E-state index contributed by atoms with van der Waals surface area (Å²) in [5.74, 6) is 0. The maximum Gasteiger partial charge on any atom is 0.211 e. The maximum absolute atomic E-state index is 12.1. The van der Waals surface area contributed by atoms with Crippen molar-refractivity contribution >= 4 is 10.0 Å². The van der Waals surface area contributed by atoms with Gasteiger partial charge in [0.25, 0.3) is 0 Å². The van der Waals surface area contributed by atoms with Crippen LogP contribution in [0.4, 0.5) is 0 Å². The molecule has 0 aliphatic heterocycles. The smallest absolute Gasteiger partial charge is 0.211 e. The third-order valence-corrected chi connectivity index (χ3v) is 4.94. The Morgan fingerprint density at radius 1 is 1.10 bits per heavy atom. The highest BCUT2D eigenvalue weighted by atomic mass is 32.2. The van der Waals surface area contributed by atoms with Crippen LogP contribution in [0, 0.1) is 0 Å². The summed E-state index contributed by atoms with van der Waals surface area (Å²) in [5.41, 5.74) is 0. The molecule has 0 aliphatic rings. The number of hydrogen-bond acceptors (Lipinski definition) is 4. The van der Waals surface area contributed by atoms with Crippen LogP contribution in [0.25, 0.3) is 0 Å². The van der Waals surface area contributed by atoms with Crippen LogP contribution in [0.1, 0.15) is 47.0 Å². The molecule has 0 radical (unpaired) electrons. The molecular formula is C15H34N2O3S. The molecule has 0 fully saturated rings. The lowest BCUT2D eigenvalue weighted by atomic mass is 10.2. The van der Waals surface area contributed by atoms with Crippen LogP contribution in [-0.2, 0) is 14.8 Å². The van der Waals surface area contributed by atoms with Gasteiger partial charge in [0.2, 0.25) is 10.0 Å². The molecule has 0 aromatic heterocycles. The second-order valence-corrected chi connectivity index (χ2v) is 8.14. The molecule has 3 unspecified atom stereocenters. The van der Waals surface area contributed by atoms with Crippen molar-refractivity contribution in [1.82, 2.24) is 9.21 Å². The number of nitrogens with zero attached hydrogens (tertiary/aromatic N) is 2. The molecule has 0 heterocycles. The summed E-state index contributed by atoms with van der Waals surface area (Å²) in [4.78, 5) is 2.04. The summed E-state index contributed by atoms with van der Waals surface area (Å²) >= 11 is 0. The van der Waals surface area contributed by atoms with Crippen molar-refractivity contribution in [2.75, 3.05) is 33.4 Å². The van der Waals surface area contributed by atoms with Crippen LogP contribution in [0.2, 0.25) is 0 Å². The number of sulfonamides is 1. The predicted octanol–water partition coefficient (Wildman–Crippen LogP) is 2.18. The molecule has 0 saturated heterocycles. The average Bonchev–Trinajstić information content (AvgIpc) is 2.33. The molecule has 21 heavy (non-hydrogen) atoms. The molecule has 0 aromatic carbocycles. The van der Waals surface area contributed by atoms with Crippen molar-refractivity contribution in [3.63, 3.8) is 0 Å². The molecule has 0 spiro atoms. The van der Waals surface area contributed by atoms with Crippen LogP contribution in [0.3, 0.4) is 0 Å². The molecule has 0 bridgehead atoms. The van der Waals surface area contributed by atoms with E-state index in [1.54, 1.807) is 4.31 Å². The van der Waals surface area contributed by atoms with Gasteiger partial charge in [0.15, 0.2) is 0 Å². The van der Waals surface area contributed by atoms with Crippen molar-refractivity contribution < 1.29 is 13.2 Å². The van der Waals surface area contributed by atoms with Gasteiger partial charge in [-0.05, 0) is 40.8 Å². The van der Waals surface area contributed by atoms with E-state index >= 15 is 0 Å². The largest absolute Gasteiger partial charge is 0.373 e. The molecule has 0 amide bonds.